The predicted octanol–water partition coefficient (Wildman–Crippen LogP) is 3.82. The molecule has 0 spiro atoms. The molecule has 2 aromatic rings. The first kappa shape index (κ1) is 15.4. The first-order valence-corrected chi connectivity index (χ1v) is 17.0. The number of nitrogens with one attached hydrogen (secondary N) is 1. The molecule has 1 heterocycles. The van der Waals surface area contributed by atoms with E-state index < -0.39 is 41.6 Å². The molecule has 6 heteroatoms. The van der Waals surface area contributed by atoms with Crippen LogP contribution in [0, 0.1) is 11.6 Å². The summed E-state index contributed by atoms with van der Waals surface area (Å²) in [6, 6.07) is 7.16. The zero-order valence-corrected chi connectivity index (χ0v) is 15.1. The molecule has 0 aliphatic heterocycles. The van der Waals surface area contributed by atoms with Crippen LogP contribution in [-0.4, -0.2) is 24.3 Å². The van der Waals surface area contributed by atoms with Crippen molar-refractivity contribution in [1.82, 2.24) is 0 Å². The molecule has 20 heavy (non-hydrogen) atoms. The fourth-order valence-electron chi connectivity index (χ4n) is 1.66. The zero-order valence-electron chi connectivity index (χ0n) is 11.5. The standard InChI is InChI=1S/C11H6F2NOS.3CH3.Sn/c12-7-3-1-4-8(13)10(7)14-11(15)9-5-2-6-16-9;;;;/h1-5H,(H,14,15);3*1H3;. The van der Waals surface area contributed by atoms with Gasteiger partial charge in [0, 0.05) is 0 Å². The Balaban J connectivity index is 2.23. The van der Waals surface area contributed by atoms with E-state index in [1.807, 2.05) is 6.07 Å². The third-order valence-electron chi connectivity index (χ3n) is 2.77. The minimum absolute atomic E-state index is 0.397. The Labute approximate surface area is 124 Å². The number of halogens is 2. The van der Waals surface area contributed by atoms with Crippen LogP contribution in [0.1, 0.15) is 9.67 Å². The minimum atomic E-state index is -2.21. The van der Waals surface area contributed by atoms with Gasteiger partial charge in [0.2, 0.25) is 0 Å². The number of amides is 1. The molecule has 2 nitrogen and oxygen atoms in total. The molecule has 0 aliphatic carbocycles. The summed E-state index contributed by atoms with van der Waals surface area (Å²) in [7, 11) is 0. The molecule has 1 aromatic carbocycles. The Bertz CT molecular complexity index is 629. The fourth-order valence-corrected chi connectivity index (χ4v) is 7.84. The second kappa shape index (κ2) is 5.81. The summed E-state index contributed by atoms with van der Waals surface area (Å²) >= 11 is -0.793. The van der Waals surface area contributed by atoms with Crippen LogP contribution in [0.25, 0.3) is 0 Å². The van der Waals surface area contributed by atoms with E-state index in [2.05, 4.69) is 20.1 Å². The van der Waals surface area contributed by atoms with Crippen molar-refractivity contribution in [3.8, 4) is 0 Å². The fraction of sp³-hybridized carbons (Fsp3) is 0.214. The summed E-state index contributed by atoms with van der Waals surface area (Å²) in [6.07, 6.45) is 0. The van der Waals surface area contributed by atoms with Crippen LogP contribution in [0.4, 0.5) is 14.5 Å². The number of benzene rings is 1. The SMILES string of the molecule is [CH3][Sn]([CH3])([CH3])[c]1ccc(C(=O)Nc2c(F)cccc2F)s1. The van der Waals surface area contributed by atoms with E-state index in [-0.39, 0.29) is 0 Å². The van der Waals surface area contributed by atoms with Gasteiger partial charge in [0.1, 0.15) is 0 Å². The van der Waals surface area contributed by atoms with E-state index in [4.69, 9.17) is 0 Å². The summed E-state index contributed by atoms with van der Waals surface area (Å²) in [4.78, 5) is 19.3. The van der Waals surface area contributed by atoms with Gasteiger partial charge in [0.25, 0.3) is 0 Å². The van der Waals surface area contributed by atoms with Gasteiger partial charge in [-0.3, -0.25) is 0 Å². The summed E-state index contributed by atoms with van der Waals surface area (Å²) in [6.45, 7) is 0. The van der Waals surface area contributed by atoms with E-state index in [0.29, 0.717) is 4.88 Å². The Morgan fingerprint density at radius 2 is 1.70 bits per heavy atom. The summed E-state index contributed by atoms with van der Waals surface area (Å²) in [5.74, 6) is -2.02. The van der Waals surface area contributed by atoms with Crippen molar-refractivity contribution in [2.24, 2.45) is 0 Å². The molecule has 0 saturated heterocycles. The van der Waals surface area contributed by atoms with Gasteiger partial charge in [0.15, 0.2) is 0 Å². The van der Waals surface area contributed by atoms with Gasteiger partial charge in [-0.25, -0.2) is 0 Å². The number of para-hydroxylation sites is 1. The maximum atomic E-state index is 13.5. The van der Waals surface area contributed by atoms with Crippen molar-refractivity contribution in [3.05, 3.63) is 46.8 Å². The molecular formula is C14H15F2NOSSn. The van der Waals surface area contributed by atoms with Crippen LogP contribution in [0.3, 0.4) is 0 Å². The van der Waals surface area contributed by atoms with Crippen molar-refractivity contribution < 1.29 is 13.6 Å². The molecule has 1 aromatic heterocycles. The van der Waals surface area contributed by atoms with Crippen LogP contribution in [0.2, 0.25) is 14.8 Å². The number of rotatable bonds is 3. The number of thiophene rings is 1. The molecule has 0 aliphatic rings. The molecule has 0 unspecified atom stereocenters. The number of hydrogen-bond donors (Lipinski definition) is 1. The number of hydrogen-bond acceptors (Lipinski definition) is 2. The molecule has 0 saturated carbocycles. The molecule has 106 valence electrons. The van der Waals surface area contributed by atoms with E-state index in [1.54, 1.807) is 6.07 Å². The average Bonchev–Trinajstić information content (AvgIpc) is 2.83. The third kappa shape index (κ3) is 3.38. The van der Waals surface area contributed by atoms with Gasteiger partial charge >= 0.3 is 125 Å². The van der Waals surface area contributed by atoms with Crippen molar-refractivity contribution in [3.63, 3.8) is 0 Å². The van der Waals surface area contributed by atoms with E-state index in [9.17, 15) is 13.6 Å². The van der Waals surface area contributed by atoms with Crippen LogP contribution >= 0.6 is 11.3 Å². The van der Waals surface area contributed by atoms with Crippen LogP contribution in [0.15, 0.2) is 30.3 Å². The molecular weight excluding hydrogens is 387 g/mol. The van der Waals surface area contributed by atoms with E-state index in [0.717, 1.165) is 12.1 Å². The Kier molecular flexibility index (Phi) is 4.48. The molecule has 1 amide bonds. The van der Waals surface area contributed by atoms with Crippen LogP contribution in [0.5, 0.6) is 0 Å². The summed E-state index contributed by atoms with van der Waals surface area (Å²) in [5.41, 5.74) is -0.397. The quantitative estimate of drug-likeness (QED) is 0.778. The zero-order chi connectivity index (χ0) is 14.9. The van der Waals surface area contributed by atoms with Crippen LogP contribution < -0.4 is 8.21 Å². The van der Waals surface area contributed by atoms with E-state index >= 15 is 0 Å². The number of carbonyl (C=O) groups excluding carboxylic acids is 1. The van der Waals surface area contributed by atoms with Crippen molar-refractivity contribution in [2.45, 2.75) is 14.8 Å². The molecule has 1 N–H and O–H groups in total. The first-order valence-electron chi connectivity index (χ1n) is 6.15. The Hall–Kier alpha value is -0.951. The third-order valence-corrected chi connectivity index (χ3v) is 13.3. The Morgan fingerprint density at radius 1 is 1.10 bits per heavy atom. The molecule has 0 radical (unpaired) electrons. The van der Waals surface area contributed by atoms with Crippen molar-refractivity contribution in [1.29, 1.82) is 0 Å². The molecule has 0 fully saturated rings. The molecule has 0 atom stereocenters. The maximum absolute atomic E-state index is 13.5. The Morgan fingerprint density at radius 3 is 2.20 bits per heavy atom. The first-order chi connectivity index (χ1) is 9.29. The van der Waals surface area contributed by atoms with Gasteiger partial charge in [-0.15, -0.1) is 0 Å². The number of anilines is 1. The number of carbonyl (C=O) groups is 1. The van der Waals surface area contributed by atoms with Crippen LogP contribution in [-0.2, 0) is 0 Å². The predicted molar refractivity (Wildman–Crippen MR) is 81.6 cm³/mol. The average molecular weight is 402 g/mol. The van der Waals surface area contributed by atoms with Crippen molar-refractivity contribution >= 4 is 44.2 Å². The van der Waals surface area contributed by atoms with Crippen molar-refractivity contribution in [2.75, 3.05) is 5.32 Å². The van der Waals surface area contributed by atoms with Gasteiger partial charge in [-0.2, -0.15) is 0 Å². The van der Waals surface area contributed by atoms with Gasteiger partial charge in [0.05, 0.1) is 0 Å². The second-order valence-corrected chi connectivity index (χ2v) is 22.0. The monoisotopic (exact) mass is 403 g/mol. The summed E-state index contributed by atoms with van der Waals surface area (Å²) in [5, 5.41) is 2.30. The van der Waals surface area contributed by atoms with Gasteiger partial charge in [-0.05, 0) is 0 Å². The molecule has 0 bridgehead atoms. The van der Waals surface area contributed by atoms with E-state index in [1.165, 1.54) is 20.3 Å². The van der Waals surface area contributed by atoms with Gasteiger partial charge in [-0.1, -0.05) is 0 Å². The van der Waals surface area contributed by atoms with Gasteiger partial charge < -0.3 is 0 Å². The summed E-state index contributed by atoms with van der Waals surface area (Å²) < 4.78 is 28.2. The second-order valence-electron chi connectivity index (χ2n) is 5.46. The topological polar surface area (TPSA) is 29.1 Å². The normalized spacial score (nSPS) is 11.4. The molecule has 2 rings (SSSR count).